The Kier molecular flexibility index (Phi) is 5.03. The van der Waals surface area contributed by atoms with Crippen LogP contribution in [-0.4, -0.2) is 28.5 Å². The van der Waals surface area contributed by atoms with E-state index in [4.69, 9.17) is 16.3 Å². The van der Waals surface area contributed by atoms with Crippen LogP contribution in [0.25, 0.3) is 0 Å². The summed E-state index contributed by atoms with van der Waals surface area (Å²) in [6.07, 6.45) is 0.352. The lowest BCUT2D eigenvalue weighted by molar-refractivity contribution is 0.185. The molecule has 0 saturated heterocycles. The van der Waals surface area contributed by atoms with Gasteiger partial charge in [-0.25, -0.2) is 8.78 Å². The average Bonchev–Trinajstić information content (AvgIpc) is 2.82. The summed E-state index contributed by atoms with van der Waals surface area (Å²) in [4.78, 5) is 0. The molecule has 0 fully saturated rings. The van der Waals surface area contributed by atoms with Gasteiger partial charge >= 0.3 is 0 Å². The van der Waals surface area contributed by atoms with E-state index in [1.165, 1.54) is 6.07 Å². The first-order valence-electron chi connectivity index (χ1n) is 6.05. The minimum Gasteiger partial charge on any atom is -0.383 e. The van der Waals surface area contributed by atoms with Crippen molar-refractivity contribution in [3.63, 3.8) is 0 Å². The SMILES string of the molecule is COCCn1c(CCl)nnc1Cc1ccc(F)c(F)c1. The van der Waals surface area contributed by atoms with Gasteiger partial charge in [-0.2, -0.15) is 0 Å². The van der Waals surface area contributed by atoms with E-state index in [1.54, 1.807) is 7.11 Å². The molecule has 0 aliphatic heterocycles. The fourth-order valence-electron chi connectivity index (χ4n) is 1.87. The molecule has 7 heteroatoms. The normalized spacial score (nSPS) is 11.0. The van der Waals surface area contributed by atoms with Crippen LogP contribution in [-0.2, 0) is 23.6 Å². The Morgan fingerprint density at radius 1 is 1.20 bits per heavy atom. The molecule has 0 aliphatic carbocycles. The van der Waals surface area contributed by atoms with Crippen molar-refractivity contribution in [2.24, 2.45) is 0 Å². The zero-order valence-corrected chi connectivity index (χ0v) is 11.7. The van der Waals surface area contributed by atoms with Crippen molar-refractivity contribution in [1.29, 1.82) is 0 Å². The molecule has 0 N–H and O–H groups in total. The fourth-order valence-corrected chi connectivity index (χ4v) is 2.07. The van der Waals surface area contributed by atoms with Crippen molar-refractivity contribution in [1.82, 2.24) is 14.8 Å². The van der Waals surface area contributed by atoms with Crippen molar-refractivity contribution in [3.05, 3.63) is 47.0 Å². The number of ether oxygens (including phenoxy) is 1. The fraction of sp³-hybridized carbons (Fsp3) is 0.385. The van der Waals surface area contributed by atoms with Crippen LogP contribution in [0.3, 0.4) is 0 Å². The zero-order valence-electron chi connectivity index (χ0n) is 10.9. The third kappa shape index (κ3) is 3.32. The smallest absolute Gasteiger partial charge is 0.159 e. The Labute approximate surface area is 120 Å². The monoisotopic (exact) mass is 301 g/mol. The van der Waals surface area contributed by atoms with Gasteiger partial charge in [-0.05, 0) is 17.7 Å². The summed E-state index contributed by atoms with van der Waals surface area (Å²) in [7, 11) is 1.60. The standard InChI is InChI=1S/C13H14ClF2N3O/c1-20-5-4-19-12(17-18-13(19)8-14)7-9-2-3-10(15)11(16)6-9/h2-3,6H,4-5,7-8H2,1H3. The highest BCUT2D eigenvalue weighted by Gasteiger charge is 2.12. The van der Waals surface area contributed by atoms with Crippen molar-refractivity contribution >= 4 is 11.6 Å². The molecule has 0 aliphatic rings. The number of hydrogen-bond donors (Lipinski definition) is 0. The molecular formula is C13H14ClF2N3O. The molecule has 0 radical (unpaired) electrons. The highest BCUT2D eigenvalue weighted by Crippen LogP contribution is 2.14. The Balaban J connectivity index is 2.23. The van der Waals surface area contributed by atoms with Gasteiger partial charge in [-0.3, -0.25) is 0 Å². The second-order valence-electron chi connectivity index (χ2n) is 4.24. The topological polar surface area (TPSA) is 39.9 Å². The van der Waals surface area contributed by atoms with Crippen LogP contribution in [0.2, 0.25) is 0 Å². The highest BCUT2D eigenvalue weighted by atomic mass is 35.5. The van der Waals surface area contributed by atoms with E-state index in [1.807, 2.05) is 4.57 Å². The van der Waals surface area contributed by atoms with Crippen LogP contribution in [0.5, 0.6) is 0 Å². The quantitative estimate of drug-likeness (QED) is 0.770. The maximum Gasteiger partial charge on any atom is 0.159 e. The van der Waals surface area contributed by atoms with E-state index >= 15 is 0 Å². The lowest BCUT2D eigenvalue weighted by atomic mass is 10.1. The van der Waals surface area contributed by atoms with E-state index in [0.717, 1.165) is 12.1 Å². The molecule has 0 atom stereocenters. The van der Waals surface area contributed by atoms with Gasteiger partial charge in [0.2, 0.25) is 0 Å². The molecule has 1 heterocycles. The minimum absolute atomic E-state index is 0.231. The van der Waals surface area contributed by atoms with Gasteiger partial charge < -0.3 is 9.30 Å². The van der Waals surface area contributed by atoms with Crippen LogP contribution in [0.1, 0.15) is 17.2 Å². The lowest BCUT2D eigenvalue weighted by Crippen LogP contribution is -2.11. The van der Waals surface area contributed by atoms with Gasteiger partial charge in [0, 0.05) is 20.1 Å². The summed E-state index contributed by atoms with van der Waals surface area (Å²) in [5.41, 5.74) is 0.621. The van der Waals surface area contributed by atoms with Crippen molar-refractivity contribution in [3.8, 4) is 0 Å². The Morgan fingerprint density at radius 2 is 1.95 bits per heavy atom. The molecule has 20 heavy (non-hydrogen) atoms. The summed E-state index contributed by atoms with van der Waals surface area (Å²) in [5, 5.41) is 8.03. The molecule has 1 aromatic heterocycles. The largest absolute Gasteiger partial charge is 0.383 e. The first-order valence-corrected chi connectivity index (χ1v) is 6.59. The van der Waals surface area contributed by atoms with Gasteiger partial charge in [-0.15, -0.1) is 21.8 Å². The predicted octanol–water partition coefficient (Wildman–Crippen LogP) is 2.53. The summed E-state index contributed by atoms with van der Waals surface area (Å²) in [6.45, 7) is 1.05. The first-order chi connectivity index (χ1) is 9.65. The zero-order chi connectivity index (χ0) is 14.5. The minimum atomic E-state index is -0.872. The maximum atomic E-state index is 13.2. The first kappa shape index (κ1) is 14.9. The van der Waals surface area contributed by atoms with Crippen LogP contribution in [0.15, 0.2) is 18.2 Å². The third-order valence-electron chi connectivity index (χ3n) is 2.89. The van der Waals surface area contributed by atoms with Gasteiger partial charge in [0.15, 0.2) is 11.6 Å². The van der Waals surface area contributed by atoms with E-state index in [0.29, 0.717) is 36.8 Å². The Hall–Kier alpha value is -1.53. The number of benzene rings is 1. The van der Waals surface area contributed by atoms with Crippen molar-refractivity contribution in [2.75, 3.05) is 13.7 Å². The number of aromatic nitrogens is 3. The van der Waals surface area contributed by atoms with Gasteiger partial charge in [0.05, 0.1) is 12.5 Å². The van der Waals surface area contributed by atoms with Gasteiger partial charge in [0.25, 0.3) is 0 Å². The number of alkyl halides is 1. The van der Waals surface area contributed by atoms with E-state index in [-0.39, 0.29) is 5.88 Å². The molecule has 0 amide bonds. The van der Waals surface area contributed by atoms with Crippen molar-refractivity contribution in [2.45, 2.75) is 18.8 Å². The number of halogens is 3. The average molecular weight is 302 g/mol. The lowest BCUT2D eigenvalue weighted by Gasteiger charge is -2.08. The summed E-state index contributed by atoms with van der Waals surface area (Å²) < 4.78 is 33.0. The third-order valence-corrected chi connectivity index (χ3v) is 3.13. The molecule has 0 saturated carbocycles. The summed E-state index contributed by atoms with van der Waals surface area (Å²) in [6, 6.07) is 3.78. The molecule has 108 valence electrons. The molecule has 0 unspecified atom stereocenters. The Bertz CT molecular complexity index is 589. The van der Waals surface area contributed by atoms with Crippen LogP contribution in [0.4, 0.5) is 8.78 Å². The number of nitrogens with zero attached hydrogens (tertiary/aromatic N) is 3. The highest BCUT2D eigenvalue weighted by molar-refractivity contribution is 6.16. The molecule has 4 nitrogen and oxygen atoms in total. The molecule has 2 aromatic rings. The van der Waals surface area contributed by atoms with E-state index in [9.17, 15) is 8.78 Å². The number of hydrogen-bond acceptors (Lipinski definition) is 3. The second kappa shape index (κ2) is 6.76. The van der Waals surface area contributed by atoms with Crippen LogP contribution >= 0.6 is 11.6 Å². The number of methoxy groups -OCH3 is 1. The van der Waals surface area contributed by atoms with E-state index in [2.05, 4.69) is 10.2 Å². The molecular weight excluding hydrogens is 288 g/mol. The van der Waals surface area contributed by atoms with Crippen LogP contribution < -0.4 is 0 Å². The van der Waals surface area contributed by atoms with Gasteiger partial charge in [-0.1, -0.05) is 6.07 Å². The predicted molar refractivity (Wildman–Crippen MR) is 70.6 cm³/mol. The molecule has 0 spiro atoms. The maximum absolute atomic E-state index is 13.2. The van der Waals surface area contributed by atoms with E-state index < -0.39 is 11.6 Å². The van der Waals surface area contributed by atoms with Crippen LogP contribution in [0, 0.1) is 11.6 Å². The molecule has 1 aromatic carbocycles. The number of rotatable bonds is 6. The molecule has 0 bridgehead atoms. The Morgan fingerprint density at radius 3 is 2.60 bits per heavy atom. The molecule has 2 rings (SSSR count). The second-order valence-corrected chi connectivity index (χ2v) is 4.50. The summed E-state index contributed by atoms with van der Waals surface area (Å²) >= 11 is 5.80. The summed E-state index contributed by atoms with van der Waals surface area (Å²) in [5.74, 6) is -0.238. The van der Waals surface area contributed by atoms with Gasteiger partial charge in [0.1, 0.15) is 11.6 Å². The van der Waals surface area contributed by atoms with Crippen molar-refractivity contribution < 1.29 is 13.5 Å².